The summed E-state index contributed by atoms with van der Waals surface area (Å²) in [7, 11) is 3.86. The molecule has 7 nitrogen and oxygen atoms in total. The number of hydrogen-bond acceptors (Lipinski definition) is 6. The Morgan fingerprint density at radius 1 is 1.43 bits per heavy atom. The largest absolute Gasteiger partial charge is 0.497 e. The van der Waals surface area contributed by atoms with Gasteiger partial charge in [-0.2, -0.15) is 8.78 Å². The van der Waals surface area contributed by atoms with E-state index in [4.69, 9.17) is 9.47 Å². The van der Waals surface area contributed by atoms with Crippen molar-refractivity contribution >= 4 is 26.4 Å². The fraction of sp³-hybridized carbons (Fsp3) is 0.450. The molecule has 1 saturated heterocycles. The molecule has 0 amide bonds. The van der Waals surface area contributed by atoms with Crippen LogP contribution in [-0.4, -0.2) is 51.5 Å². The second-order valence-corrected chi connectivity index (χ2v) is 7.80. The van der Waals surface area contributed by atoms with Crippen LogP contribution in [0, 0.1) is 5.92 Å². The highest BCUT2D eigenvalue weighted by atomic mass is 31.0. The molecule has 3 rings (SSSR count). The number of benzene rings is 1. The Bertz CT molecular complexity index is 959. The highest BCUT2D eigenvalue weighted by molar-refractivity contribution is 7.13. The van der Waals surface area contributed by atoms with Gasteiger partial charge in [0.15, 0.2) is 5.69 Å². The summed E-state index contributed by atoms with van der Waals surface area (Å²) in [5.41, 5.74) is 0.0199. The lowest BCUT2D eigenvalue weighted by Gasteiger charge is -2.24. The SMILES string of the molecule is C=CCC(F)(F)c1nc2ccc(OC)cc2nc1O[C@H]1CN(P)[C@H](C(=O)O)[C@@H]1CC. The number of alkyl halides is 2. The summed E-state index contributed by atoms with van der Waals surface area (Å²) < 4.78 is 42.3. The summed E-state index contributed by atoms with van der Waals surface area (Å²) in [6.07, 6.45) is 0.345. The van der Waals surface area contributed by atoms with Crippen molar-refractivity contribution in [1.82, 2.24) is 14.6 Å². The molecule has 0 saturated carbocycles. The van der Waals surface area contributed by atoms with Gasteiger partial charge >= 0.3 is 5.97 Å². The lowest BCUT2D eigenvalue weighted by atomic mass is 9.95. The van der Waals surface area contributed by atoms with Crippen LogP contribution in [0.2, 0.25) is 0 Å². The number of halogens is 2. The average Bonchev–Trinajstić information content (AvgIpc) is 3.01. The molecule has 4 atom stereocenters. The van der Waals surface area contributed by atoms with Gasteiger partial charge in [-0.3, -0.25) is 9.46 Å². The van der Waals surface area contributed by atoms with Crippen molar-refractivity contribution < 1.29 is 28.2 Å². The van der Waals surface area contributed by atoms with Gasteiger partial charge in [0.1, 0.15) is 17.9 Å². The molecule has 30 heavy (non-hydrogen) atoms. The smallest absolute Gasteiger partial charge is 0.321 e. The quantitative estimate of drug-likeness (QED) is 0.497. The molecule has 1 aromatic heterocycles. The third-order valence-corrected chi connectivity index (χ3v) is 5.74. The Hall–Kier alpha value is -2.38. The number of methoxy groups -OCH3 is 1. The zero-order valence-electron chi connectivity index (χ0n) is 16.7. The van der Waals surface area contributed by atoms with Crippen LogP contribution in [-0.2, 0) is 10.7 Å². The molecule has 162 valence electrons. The molecular weight excluding hydrogens is 415 g/mol. The van der Waals surface area contributed by atoms with Gasteiger partial charge in [-0.1, -0.05) is 22.4 Å². The van der Waals surface area contributed by atoms with Crippen molar-refractivity contribution in [2.45, 2.75) is 37.8 Å². The van der Waals surface area contributed by atoms with Crippen LogP contribution < -0.4 is 9.47 Å². The molecular formula is C20H24F2N3O4P. The van der Waals surface area contributed by atoms with Gasteiger partial charge in [-0.25, -0.2) is 9.97 Å². The molecule has 0 bridgehead atoms. The topological polar surface area (TPSA) is 84.8 Å². The van der Waals surface area contributed by atoms with E-state index in [-0.39, 0.29) is 17.9 Å². The summed E-state index contributed by atoms with van der Waals surface area (Å²) in [5, 5.41) is 9.54. The van der Waals surface area contributed by atoms with E-state index < -0.39 is 42.1 Å². The van der Waals surface area contributed by atoms with Crippen LogP contribution in [0.5, 0.6) is 11.6 Å². The van der Waals surface area contributed by atoms with Crippen molar-refractivity contribution in [2.24, 2.45) is 5.92 Å². The molecule has 0 spiro atoms. The second kappa shape index (κ2) is 8.78. The molecule has 0 radical (unpaired) electrons. The zero-order valence-corrected chi connectivity index (χ0v) is 17.9. The molecule has 2 heterocycles. The third kappa shape index (κ3) is 4.23. The number of fused-ring (bicyclic) bond motifs is 1. The van der Waals surface area contributed by atoms with E-state index in [0.717, 1.165) is 6.08 Å². The summed E-state index contributed by atoms with van der Waals surface area (Å²) in [6, 6.07) is 3.95. The number of aliphatic carboxylic acids is 1. The maximum Gasteiger partial charge on any atom is 0.321 e. The van der Waals surface area contributed by atoms with Crippen LogP contribution in [0.1, 0.15) is 25.5 Å². The first-order valence-corrected chi connectivity index (χ1v) is 9.99. The summed E-state index contributed by atoms with van der Waals surface area (Å²) >= 11 is 0. The van der Waals surface area contributed by atoms with Crippen LogP contribution in [0.15, 0.2) is 30.9 Å². The van der Waals surface area contributed by atoms with Crippen LogP contribution in [0.3, 0.4) is 0 Å². The lowest BCUT2D eigenvalue weighted by Crippen LogP contribution is -2.36. The van der Waals surface area contributed by atoms with Crippen molar-refractivity contribution in [3.8, 4) is 11.6 Å². The maximum absolute atomic E-state index is 14.8. The number of ether oxygens (including phenoxy) is 2. The molecule has 1 aromatic carbocycles. The fourth-order valence-corrected chi connectivity index (χ4v) is 4.28. The monoisotopic (exact) mass is 439 g/mol. The minimum Gasteiger partial charge on any atom is -0.497 e. The van der Waals surface area contributed by atoms with Gasteiger partial charge in [-0.15, -0.1) is 6.58 Å². The first-order valence-electron chi connectivity index (χ1n) is 9.47. The normalized spacial score (nSPS) is 22.2. The van der Waals surface area contributed by atoms with Crippen molar-refractivity contribution in [3.63, 3.8) is 0 Å². The van der Waals surface area contributed by atoms with Crippen LogP contribution >= 0.6 is 9.39 Å². The van der Waals surface area contributed by atoms with E-state index in [0.29, 0.717) is 17.7 Å². The Kier molecular flexibility index (Phi) is 6.53. The van der Waals surface area contributed by atoms with Crippen molar-refractivity contribution in [1.29, 1.82) is 0 Å². The Balaban J connectivity index is 2.08. The van der Waals surface area contributed by atoms with Gasteiger partial charge in [0.25, 0.3) is 5.92 Å². The average molecular weight is 439 g/mol. The summed E-state index contributed by atoms with van der Waals surface area (Å²) in [6.45, 7) is 5.47. The van der Waals surface area contributed by atoms with E-state index >= 15 is 0 Å². The summed E-state index contributed by atoms with van der Waals surface area (Å²) in [4.78, 5) is 20.1. The Morgan fingerprint density at radius 3 is 2.77 bits per heavy atom. The van der Waals surface area contributed by atoms with E-state index in [1.807, 2.05) is 6.92 Å². The zero-order chi connectivity index (χ0) is 22.1. The summed E-state index contributed by atoms with van der Waals surface area (Å²) in [5.74, 6) is -4.54. The number of allylic oxidation sites excluding steroid dienone is 1. The second-order valence-electron chi connectivity index (χ2n) is 7.14. The molecule has 1 unspecified atom stereocenters. The Morgan fingerprint density at radius 2 is 2.17 bits per heavy atom. The standard InChI is InChI=1S/C20H24F2N3O4P/c1-4-8-20(21,22)17-18(24-14-9-11(28-3)6-7-13(14)23-17)29-15-10-25(30)16(19(26)27)12(15)5-2/h4,6-7,9,12,15-16H,1,5,8,10,30H2,2-3H3,(H,26,27)/t12-,15+,16+/m1/s1. The number of aromatic nitrogens is 2. The van der Waals surface area contributed by atoms with E-state index in [2.05, 4.69) is 25.9 Å². The highest BCUT2D eigenvalue weighted by Gasteiger charge is 2.46. The van der Waals surface area contributed by atoms with Crippen molar-refractivity contribution in [2.75, 3.05) is 13.7 Å². The molecule has 1 N–H and O–H groups in total. The van der Waals surface area contributed by atoms with E-state index in [9.17, 15) is 18.7 Å². The van der Waals surface area contributed by atoms with Gasteiger partial charge in [0.2, 0.25) is 5.88 Å². The number of carboxylic acid groups (broad SMARTS) is 1. The van der Waals surface area contributed by atoms with Crippen LogP contribution in [0.25, 0.3) is 11.0 Å². The minimum absolute atomic E-state index is 0.241. The Labute approximate surface area is 175 Å². The molecule has 1 fully saturated rings. The number of nitrogens with zero attached hydrogens (tertiary/aromatic N) is 3. The lowest BCUT2D eigenvalue weighted by molar-refractivity contribution is -0.142. The van der Waals surface area contributed by atoms with Gasteiger partial charge in [-0.05, 0) is 18.6 Å². The van der Waals surface area contributed by atoms with Crippen LogP contribution in [0.4, 0.5) is 8.78 Å². The third-order valence-electron chi connectivity index (χ3n) is 5.21. The fourth-order valence-electron chi connectivity index (χ4n) is 3.73. The number of rotatable bonds is 8. The first-order chi connectivity index (χ1) is 14.2. The predicted octanol–water partition coefficient (Wildman–Crippen LogP) is 3.64. The molecule has 1 aliphatic heterocycles. The molecule has 10 heteroatoms. The minimum atomic E-state index is -3.34. The number of hydrogen-bond donors (Lipinski definition) is 1. The van der Waals surface area contributed by atoms with E-state index in [1.54, 1.807) is 22.9 Å². The maximum atomic E-state index is 14.8. The van der Waals surface area contributed by atoms with E-state index in [1.165, 1.54) is 7.11 Å². The number of carbonyl (C=O) groups is 1. The highest BCUT2D eigenvalue weighted by Crippen LogP contribution is 2.40. The van der Waals surface area contributed by atoms with Gasteiger partial charge in [0.05, 0.1) is 18.1 Å². The van der Waals surface area contributed by atoms with Crippen molar-refractivity contribution in [3.05, 3.63) is 36.5 Å². The number of carboxylic acids is 1. The molecule has 1 aliphatic rings. The van der Waals surface area contributed by atoms with Gasteiger partial charge < -0.3 is 14.6 Å². The molecule has 2 aromatic rings. The first kappa shape index (κ1) is 22.3. The predicted molar refractivity (Wildman–Crippen MR) is 111 cm³/mol. The molecule has 0 aliphatic carbocycles. The van der Waals surface area contributed by atoms with Gasteiger partial charge in [0, 0.05) is 24.9 Å².